The molecule has 2 heteroatoms. The third-order valence-corrected chi connectivity index (χ3v) is 11.5. The number of fused-ring (bicyclic) bond motifs is 5. The van der Waals surface area contributed by atoms with Crippen molar-refractivity contribution in [3.63, 3.8) is 0 Å². The number of para-hydroxylation sites is 2. The molecule has 0 radical (unpaired) electrons. The van der Waals surface area contributed by atoms with E-state index in [1.165, 1.54) is 55.1 Å². The fourth-order valence-corrected chi connectivity index (χ4v) is 8.72. The Morgan fingerprint density at radius 1 is 0.310 bits per heavy atom. The van der Waals surface area contributed by atoms with Gasteiger partial charge in [0.1, 0.15) is 11.2 Å². The van der Waals surface area contributed by atoms with Gasteiger partial charge in [-0.05, 0) is 103 Å². The van der Waals surface area contributed by atoms with Crippen LogP contribution in [0.15, 0.2) is 229 Å². The van der Waals surface area contributed by atoms with Gasteiger partial charge in [0.15, 0.2) is 0 Å². The lowest BCUT2D eigenvalue weighted by Crippen LogP contribution is -2.11. The molecule has 1 aromatic heterocycles. The lowest BCUT2D eigenvalue weighted by atomic mass is 9.91. The SMILES string of the molecule is c1ccc(-c2ccc(N(c3ccc(-c4cccc(-c5cccc6ccccc56)c4)cc3)c3ccccc3-c3c4ccccc4cc4oc5ccccc5c34)cc2)cc1. The van der Waals surface area contributed by atoms with Gasteiger partial charge in [-0.15, -0.1) is 0 Å². The average molecular weight is 740 g/mol. The minimum Gasteiger partial charge on any atom is -0.456 e. The van der Waals surface area contributed by atoms with Crippen LogP contribution in [0.4, 0.5) is 17.1 Å². The molecule has 11 rings (SSSR count). The molecule has 58 heavy (non-hydrogen) atoms. The second-order valence-corrected chi connectivity index (χ2v) is 14.9. The average Bonchev–Trinajstić information content (AvgIpc) is 3.67. The summed E-state index contributed by atoms with van der Waals surface area (Å²) in [6, 6.07) is 80.7. The largest absolute Gasteiger partial charge is 0.456 e. The molecule has 0 amide bonds. The van der Waals surface area contributed by atoms with E-state index in [2.05, 4.69) is 223 Å². The van der Waals surface area contributed by atoms with Crippen LogP contribution in [0.3, 0.4) is 0 Å². The first-order chi connectivity index (χ1) is 28.8. The fraction of sp³-hybridized carbons (Fsp3) is 0. The zero-order chi connectivity index (χ0) is 38.4. The highest BCUT2D eigenvalue weighted by atomic mass is 16.3. The first kappa shape index (κ1) is 33.6. The fourth-order valence-electron chi connectivity index (χ4n) is 8.72. The third-order valence-electron chi connectivity index (χ3n) is 11.5. The van der Waals surface area contributed by atoms with Crippen molar-refractivity contribution in [1.82, 2.24) is 0 Å². The number of rotatable bonds is 7. The van der Waals surface area contributed by atoms with Crippen molar-refractivity contribution in [2.45, 2.75) is 0 Å². The number of hydrogen-bond donors (Lipinski definition) is 0. The maximum atomic E-state index is 6.55. The highest BCUT2D eigenvalue weighted by Crippen LogP contribution is 2.48. The first-order valence-electron chi connectivity index (χ1n) is 19.8. The van der Waals surface area contributed by atoms with Crippen molar-refractivity contribution in [3.05, 3.63) is 224 Å². The zero-order valence-electron chi connectivity index (χ0n) is 31.7. The topological polar surface area (TPSA) is 16.4 Å². The van der Waals surface area contributed by atoms with Crippen LogP contribution < -0.4 is 4.90 Å². The van der Waals surface area contributed by atoms with E-state index in [1.807, 2.05) is 6.07 Å². The summed E-state index contributed by atoms with van der Waals surface area (Å²) < 4.78 is 6.55. The highest BCUT2D eigenvalue weighted by molar-refractivity contribution is 6.22. The van der Waals surface area contributed by atoms with Crippen LogP contribution >= 0.6 is 0 Å². The van der Waals surface area contributed by atoms with Crippen LogP contribution in [0.25, 0.3) is 88.0 Å². The van der Waals surface area contributed by atoms with E-state index in [9.17, 15) is 0 Å². The van der Waals surface area contributed by atoms with E-state index >= 15 is 0 Å². The summed E-state index contributed by atoms with van der Waals surface area (Å²) in [5.74, 6) is 0. The molecular weight excluding hydrogens is 703 g/mol. The van der Waals surface area contributed by atoms with Gasteiger partial charge >= 0.3 is 0 Å². The van der Waals surface area contributed by atoms with Gasteiger partial charge in [0.05, 0.1) is 5.69 Å². The van der Waals surface area contributed by atoms with Crippen LogP contribution in [0.2, 0.25) is 0 Å². The molecule has 0 aliphatic heterocycles. The predicted molar refractivity (Wildman–Crippen MR) is 245 cm³/mol. The summed E-state index contributed by atoms with van der Waals surface area (Å²) in [6.07, 6.45) is 0. The Labute approximate surface area is 337 Å². The first-order valence-corrected chi connectivity index (χ1v) is 19.8. The van der Waals surface area contributed by atoms with Crippen molar-refractivity contribution >= 4 is 60.5 Å². The van der Waals surface area contributed by atoms with Crippen LogP contribution in [0, 0.1) is 0 Å². The van der Waals surface area contributed by atoms with Crippen molar-refractivity contribution in [1.29, 1.82) is 0 Å². The van der Waals surface area contributed by atoms with Gasteiger partial charge in [0.25, 0.3) is 0 Å². The van der Waals surface area contributed by atoms with Gasteiger partial charge in [-0.2, -0.15) is 0 Å². The van der Waals surface area contributed by atoms with Gasteiger partial charge in [-0.3, -0.25) is 0 Å². The van der Waals surface area contributed by atoms with Crippen molar-refractivity contribution in [2.24, 2.45) is 0 Å². The minimum atomic E-state index is 0.888. The summed E-state index contributed by atoms with van der Waals surface area (Å²) in [7, 11) is 0. The van der Waals surface area contributed by atoms with E-state index in [4.69, 9.17) is 4.42 Å². The summed E-state index contributed by atoms with van der Waals surface area (Å²) in [5, 5.41) is 7.08. The van der Waals surface area contributed by atoms with Crippen LogP contribution in [-0.2, 0) is 0 Å². The van der Waals surface area contributed by atoms with Gasteiger partial charge in [-0.25, -0.2) is 0 Å². The van der Waals surface area contributed by atoms with Crippen LogP contribution in [0.5, 0.6) is 0 Å². The molecule has 0 aliphatic carbocycles. The summed E-state index contributed by atoms with van der Waals surface area (Å²) in [5.41, 5.74) is 14.5. The van der Waals surface area contributed by atoms with E-state index < -0.39 is 0 Å². The molecule has 10 aromatic carbocycles. The molecule has 272 valence electrons. The molecular formula is C56H37NO. The normalized spacial score (nSPS) is 11.4. The number of benzene rings is 10. The van der Waals surface area contributed by atoms with E-state index in [1.54, 1.807) is 0 Å². The van der Waals surface area contributed by atoms with Crippen LogP contribution in [0.1, 0.15) is 0 Å². The Bertz CT molecular complexity index is 3260. The van der Waals surface area contributed by atoms with Gasteiger partial charge < -0.3 is 9.32 Å². The Morgan fingerprint density at radius 3 is 1.64 bits per heavy atom. The second-order valence-electron chi connectivity index (χ2n) is 14.9. The molecule has 0 saturated heterocycles. The molecule has 0 spiro atoms. The number of hydrogen-bond acceptors (Lipinski definition) is 2. The summed E-state index contributed by atoms with van der Waals surface area (Å²) in [6.45, 7) is 0. The molecule has 11 aromatic rings. The zero-order valence-corrected chi connectivity index (χ0v) is 31.7. The van der Waals surface area contributed by atoms with Crippen molar-refractivity contribution in [2.75, 3.05) is 4.90 Å². The van der Waals surface area contributed by atoms with E-state index in [-0.39, 0.29) is 0 Å². The number of furan rings is 1. The van der Waals surface area contributed by atoms with Crippen molar-refractivity contribution in [3.8, 4) is 44.5 Å². The second kappa shape index (κ2) is 14.1. The van der Waals surface area contributed by atoms with Crippen molar-refractivity contribution < 1.29 is 4.42 Å². The number of anilines is 3. The highest BCUT2D eigenvalue weighted by Gasteiger charge is 2.22. The van der Waals surface area contributed by atoms with E-state index in [0.29, 0.717) is 0 Å². The lowest BCUT2D eigenvalue weighted by molar-refractivity contribution is 0.669. The monoisotopic (exact) mass is 739 g/mol. The minimum absolute atomic E-state index is 0.888. The van der Waals surface area contributed by atoms with Gasteiger partial charge in [0, 0.05) is 33.3 Å². The molecule has 0 N–H and O–H groups in total. The molecule has 0 aliphatic rings. The molecule has 2 nitrogen and oxygen atoms in total. The maximum Gasteiger partial charge on any atom is 0.136 e. The molecule has 0 atom stereocenters. The Balaban J connectivity index is 1.08. The predicted octanol–water partition coefficient (Wildman–Crippen LogP) is 16.0. The third kappa shape index (κ3) is 5.82. The van der Waals surface area contributed by atoms with Gasteiger partial charge in [-0.1, -0.05) is 176 Å². The summed E-state index contributed by atoms with van der Waals surface area (Å²) >= 11 is 0. The Kier molecular flexibility index (Phi) is 8.19. The molecule has 0 unspecified atom stereocenters. The molecule has 0 saturated carbocycles. The van der Waals surface area contributed by atoms with Gasteiger partial charge in [0.2, 0.25) is 0 Å². The lowest BCUT2D eigenvalue weighted by Gasteiger charge is -2.29. The van der Waals surface area contributed by atoms with E-state index in [0.717, 1.165) is 50.0 Å². The Morgan fingerprint density at radius 2 is 0.845 bits per heavy atom. The molecule has 0 fully saturated rings. The Hall–Kier alpha value is -7.68. The number of nitrogens with zero attached hydrogens (tertiary/aromatic N) is 1. The summed E-state index contributed by atoms with van der Waals surface area (Å²) in [4.78, 5) is 2.40. The standard InChI is InChI=1S/C56H37NO/c1-2-14-38(15-3-1)39-28-32-45(33-29-39)57(46-34-30-40(31-35-46)42-19-12-20-43(36-42)48-25-13-18-41-16-4-6-21-47(41)48)52-26-10-8-23-50(52)55-49-22-7-5-17-44(49)37-54-56(55)51-24-9-11-27-53(51)58-54/h1-37H. The quantitative estimate of drug-likeness (QED) is 0.162. The maximum absolute atomic E-state index is 6.55. The molecule has 0 bridgehead atoms. The van der Waals surface area contributed by atoms with Crippen LogP contribution in [-0.4, -0.2) is 0 Å². The molecule has 1 heterocycles. The smallest absolute Gasteiger partial charge is 0.136 e.